The van der Waals surface area contributed by atoms with E-state index in [4.69, 9.17) is 0 Å². The summed E-state index contributed by atoms with van der Waals surface area (Å²) >= 11 is 0. The molecule has 0 saturated heterocycles. The van der Waals surface area contributed by atoms with E-state index < -0.39 is 6.15 Å². The predicted octanol–water partition coefficient (Wildman–Crippen LogP) is 2.04. The Hall–Kier alpha value is -0.913. The molecule has 0 heterocycles. The molecule has 0 aliphatic heterocycles. The molecule has 2 aromatic carbocycles. The van der Waals surface area contributed by atoms with Gasteiger partial charge in [-0.1, -0.05) is 0 Å². The second-order valence-corrected chi connectivity index (χ2v) is 20.6. The summed E-state index contributed by atoms with van der Waals surface area (Å²) in [5, 5.41) is 3.12. The van der Waals surface area contributed by atoms with Crippen molar-refractivity contribution >= 4 is 26.7 Å². The minimum absolute atomic E-state index is 1.21. The van der Waals surface area contributed by atoms with Crippen LogP contribution in [-0.4, -0.2) is 23.2 Å². The second-order valence-electron chi connectivity index (χ2n) is 5.92. The Bertz CT molecular complexity index is 523. The van der Waals surface area contributed by atoms with Gasteiger partial charge >= 0.3 is 107 Å². The molecule has 0 nitrogen and oxygen atoms in total. The quantitative estimate of drug-likeness (QED) is 0.572. The van der Waals surface area contributed by atoms with E-state index >= 15 is 0 Å². The first-order valence-electron chi connectivity index (χ1n) is 6.03. The van der Waals surface area contributed by atoms with Gasteiger partial charge in [-0.2, -0.15) is 0 Å². The summed E-state index contributed by atoms with van der Waals surface area (Å²) in [5.74, 6) is 0. The fourth-order valence-electron chi connectivity index (χ4n) is 2.53. The Morgan fingerprint density at radius 1 is 0.824 bits per heavy atom. The van der Waals surface area contributed by atoms with Crippen molar-refractivity contribution in [2.24, 2.45) is 0 Å². The summed E-state index contributed by atoms with van der Waals surface area (Å²) in [7, 11) is 1.21. The van der Waals surface area contributed by atoms with Gasteiger partial charge in [0.15, 0.2) is 0 Å². The Morgan fingerprint density at radius 3 is 1.94 bits per heavy atom. The average molecular weight is 260 g/mol. The molecule has 2 rings (SSSR count). The molecule has 2 aromatic rings. The minimum atomic E-state index is -1.84. The zero-order valence-electron chi connectivity index (χ0n) is 11.1. The topological polar surface area (TPSA) is 0 Å². The molecule has 0 amide bonds. The van der Waals surface area contributed by atoms with Gasteiger partial charge < -0.3 is 0 Å². The van der Waals surface area contributed by atoms with Gasteiger partial charge in [-0.3, -0.25) is 0 Å². The maximum absolute atomic E-state index is 2.50. The zero-order chi connectivity index (χ0) is 12.5. The third-order valence-corrected chi connectivity index (χ3v) is 10.9. The standard InChI is InChI=1S/C15H21PSi/c1-13-9-7-8-12-15(13)16(2,3,17)14-10-5-4-6-11-14/h4-12H,1-3,17H3. The third-order valence-electron chi connectivity index (χ3n) is 3.62. The van der Waals surface area contributed by atoms with Crippen molar-refractivity contribution in [2.75, 3.05) is 13.3 Å². The molecule has 0 spiro atoms. The first kappa shape index (κ1) is 12.5. The van der Waals surface area contributed by atoms with Crippen LogP contribution in [0.5, 0.6) is 0 Å². The van der Waals surface area contributed by atoms with E-state index in [2.05, 4.69) is 74.9 Å². The van der Waals surface area contributed by atoms with E-state index in [-0.39, 0.29) is 0 Å². The van der Waals surface area contributed by atoms with Crippen LogP contribution in [-0.2, 0) is 0 Å². The van der Waals surface area contributed by atoms with Gasteiger partial charge in [-0.25, -0.2) is 0 Å². The molecule has 0 radical (unpaired) electrons. The fraction of sp³-hybridized carbons (Fsp3) is 0.200. The molecule has 17 heavy (non-hydrogen) atoms. The number of hydrogen-bond donors (Lipinski definition) is 0. The van der Waals surface area contributed by atoms with Crippen molar-refractivity contribution in [1.82, 2.24) is 0 Å². The van der Waals surface area contributed by atoms with Crippen molar-refractivity contribution in [3.8, 4) is 0 Å². The van der Waals surface area contributed by atoms with E-state index in [0.717, 1.165) is 0 Å². The molecule has 0 aliphatic carbocycles. The first-order chi connectivity index (χ1) is 7.90. The molecule has 0 aromatic heterocycles. The SMILES string of the molecule is Cc1ccccc1P(C)(C)([SiH3])c1ccccc1. The van der Waals surface area contributed by atoms with Gasteiger partial charge in [0.2, 0.25) is 0 Å². The summed E-state index contributed by atoms with van der Waals surface area (Å²) in [6, 6.07) is 19.9. The van der Waals surface area contributed by atoms with Gasteiger partial charge in [0, 0.05) is 0 Å². The summed E-state index contributed by atoms with van der Waals surface area (Å²) in [4.78, 5) is 0. The number of aryl methyl sites for hydroxylation is 1. The molecule has 0 fully saturated rings. The van der Waals surface area contributed by atoms with Crippen LogP contribution in [0.3, 0.4) is 0 Å². The van der Waals surface area contributed by atoms with E-state index in [1.807, 2.05) is 0 Å². The van der Waals surface area contributed by atoms with Crippen molar-refractivity contribution < 1.29 is 0 Å². The van der Waals surface area contributed by atoms with Crippen LogP contribution in [0, 0.1) is 6.92 Å². The maximum atomic E-state index is 2.50. The molecule has 2 heteroatoms. The predicted molar refractivity (Wildman–Crippen MR) is 85.6 cm³/mol. The molecule has 0 atom stereocenters. The van der Waals surface area contributed by atoms with Crippen molar-refractivity contribution in [2.45, 2.75) is 6.92 Å². The Morgan fingerprint density at radius 2 is 1.35 bits per heavy atom. The molecule has 0 N–H and O–H groups in total. The molecule has 90 valence electrons. The molecular weight excluding hydrogens is 239 g/mol. The van der Waals surface area contributed by atoms with Crippen LogP contribution in [0.15, 0.2) is 54.6 Å². The van der Waals surface area contributed by atoms with Crippen LogP contribution in [0.25, 0.3) is 0 Å². The monoisotopic (exact) mass is 260 g/mol. The summed E-state index contributed by atoms with van der Waals surface area (Å²) in [5.41, 5.74) is 1.44. The molecular formula is C15H21PSi. The molecule has 0 saturated carbocycles. The van der Waals surface area contributed by atoms with Crippen molar-refractivity contribution in [3.05, 3.63) is 60.2 Å². The van der Waals surface area contributed by atoms with Crippen molar-refractivity contribution in [1.29, 1.82) is 0 Å². The van der Waals surface area contributed by atoms with E-state index in [1.165, 1.54) is 15.5 Å². The van der Waals surface area contributed by atoms with Crippen molar-refractivity contribution in [3.63, 3.8) is 0 Å². The van der Waals surface area contributed by atoms with Crippen LogP contribution < -0.4 is 10.6 Å². The number of benzene rings is 2. The van der Waals surface area contributed by atoms with Gasteiger partial charge in [-0.05, 0) is 0 Å². The van der Waals surface area contributed by atoms with Crippen LogP contribution in [0.1, 0.15) is 5.56 Å². The molecule has 0 unspecified atom stereocenters. The van der Waals surface area contributed by atoms with Crippen LogP contribution in [0.2, 0.25) is 0 Å². The van der Waals surface area contributed by atoms with Crippen LogP contribution >= 0.6 is 6.15 Å². The Kier molecular flexibility index (Phi) is 3.01. The van der Waals surface area contributed by atoms with Crippen LogP contribution in [0.4, 0.5) is 0 Å². The molecule has 0 bridgehead atoms. The van der Waals surface area contributed by atoms with Gasteiger partial charge in [0.05, 0.1) is 0 Å². The molecule has 0 aliphatic rings. The summed E-state index contributed by atoms with van der Waals surface area (Å²) < 4.78 is 0. The van der Waals surface area contributed by atoms with E-state index in [9.17, 15) is 0 Å². The summed E-state index contributed by atoms with van der Waals surface area (Å²) in [6.45, 7) is 7.23. The second kappa shape index (κ2) is 4.08. The third kappa shape index (κ3) is 2.22. The van der Waals surface area contributed by atoms with Gasteiger partial charge in [-0.15, -0.1) is 0 Å². The number of rotatable bonds is 2. The van der Waals surface area contributed by atoms with Gasteiger partial charge in [0.1, 0.15) is 0 Å². The average Bonchev–Trinajstić information content (AvgIpc) is 2.30. The Balaban J connectivity index is 2.67. The fourth-order valence-corrected chi connectivity index (χ4v) is 8.34. The first-order valence-corrected chi connectivity index (χ1v) is 12.3. The van der Waals surface area contributed by atoms with E-state index in [1.54, 1.807) is 10.6 Å². The van der Waals surface area contributed by atoms with Gasteiger partial charge in [0.25, 0.3) is 0 Å². The van der Waals surface area contributed by atoms with E-state index in [0.29, 0.717) is 0 Å². The number of hydrogen-bond acceptors (Lipinski definition) is 0. The zero-order valence-corrected chi connectivity index (χ0v) is 14.0. The summed E-state index contributed by atoms with van der Waals surface area (Å²) in [6.07, 6.45) is -1.84. The Labute approximate surface area is 107 Å². The normalized spacial score (nSPS) is 14.2.